The van der Waals surface area contributed by atoms with Gasteiger partial charge in [-0.15, -0.1) is 0 Å². The van der Waals surface area contributed by atoms with Gasteiger partial charge in [0.25, 0.3) is 0 Å². The highest BCUT2D eigenvalue weighted by atomic mass is 16.5. The van der Waals surface area contributed by atoms with Gasteiger partial charge in [-0.3, -0.25) is 0 Å². The van der Waals surface area contributed by atoms with Crippen LogP contribution >= 0.6 is 0 Å². The monoisotopic (exact) mass is 708 g/mol. The summed E-state index contributed by atoms with van der Waals surface area (Å²) in [6.45, 7) is 0. The smallest absolute Gasteiger partial charge is 0.135 e. The molecule has 1 spiro atoms. The van der Waals surface area contributed by atoms with Crippen molar-refractivity contribution in [1.29, 1.82) is 0 Å². The van der Waals surface area contributed by atoms with Crippen molar-refractivity contribution in [2.24, 2.45) is 0 Å². The second kappa shape index (κ2) is 10.9. The third-order valence-corrected chi connectivity index (χ3v) is 12.8. The van der Waals surface area contributed by atoms with E-state index in [1.165, 1.54) is 99.3 Å². The molecule has 1 aliphatic heterocycles. The van der Waals surface area contributed by atoms with Gasteiger partial charge in [-0.25, -0.2) is 0 Å². The second-order valence-electron chi connectivity index (χ2n) is 15.5. The van der Waals surface area contributed by atoms with Gasteiger partial charge >= 0.3 is 0 Å². The van der Waals surface area contributed by atoms with Gasteiger partial charge in [0.1, 0.15) is 11.5 Å². The van der Waals surface area contributed by atoms with Gasteiger partial charge in [0.2, 0.25) is 0 Å². The molecule has 0 N–H and O–H groups in total. The molecule has 0 saturated carbocycles. The molecule has 0 atom stereocenters. The average molecular weight is 709 g/mol. The summed E-state index contributed by atoms with van der Waals surface area (Å²) in [5.41, 5.74) is 17.4. The fraction of sp³-hybridized carbons (Fsp3) is 0.0182. The van der Waals surface area contributed by atoms with E-state index in [1.54, 1.807) is 0 Å². The highest BCUT2D eigenvalue weighted by molar-refractivity contribution is 6.13. The Labute approximate surface area is 324 Å². The maximum atomic E-state index is 6.59. The number of hydrogen-bond acceptors (Lipinski definition) is 1. The molecule has 1 nitrogen and oxygen atoms in total. The summed E-state index contributed by atoms with van der Waals surface area (Å²) >= 11 is 0. The van der Waals surface area contributed by atoms with Crippen LogP contribution in [0.1, 0.15) is 22.3 Å². The number of fused-ring (bicyclic) bond motifs is 14. The maximum absolute atomic E-state index is 6.59. The van der Waals surface area contributed by atoms with Crippen LogP contribution < -0.4 is 4.74 Å². The number of hydrogen-bond donors (Lipinski definition) is 0. The number of rotatable bonds is 2. The zero-order valence-electron chi connectivity index (χ0n) is 30.4. The topological polar surface area (TPSA) is 9.23 Å². The Kier molecular flexibility index (Phi) is 5.89. The highest BCUT2D eigenvalue weighted by Gasteiger charge is 2.52. The molecule has 0 radical (unpaired) electrons. The molecule has 0 amide bonds. The predicted molar refractivity (Wildman–Crippen MR) is 232 cm³/mol. The van der Waals surface area contributed by atoms with Crippen LogP contribution in [0.25, 0.3) is 88.0 Å². The van der Waals surface area contributed by atoms with Crippen molar-refractivity contribution >= 4 is 32.3 Å². The summed E-state index contributed by atoms with van der Waals surface area (Å²) in [4.78, 5) is 0. The van der Waals surface area contributed by atoms with E-state index in [2.05, 4.69) is 188 Å². The van der Waals surface area contributed by atoms with Crippen LogP contribution in [-0.4, -0.2) is 0 Å². The van der Waals surface area contributed by atoms with Crippen LogP contribution in [0.4, 0.5) is 0 Å². The van der Waals surface area contributed by atoms with Crippen LogP contribution in [0.3, 0.4) is 0 Å². The number of para-hydroxylation sites is 1. The molecular formula is C55H32O. The molecule has 1 heteroatoms. The normalized spacial score (nSPS) is 13.6. The SMILES string of the molecule is c1ccc2c(c1)Oc1ccc(-c3cc(-c4cccc5ccccc45)c4c(c3)C3(c5ccccc5-c5ccccc53)c3cc5ccccc5cc3-4)c3cccc-2c13. The third-order valence-electron chi connectivity index (χ3n) is 12.8. The molecule has 0 bridgehead atoms. The number of ether oxygens (including phenoxy) is 1. The zero-order valence-corrected chi connectivity index (χ0v) is 30.4. The fourth-order valence-corrected chi connectivity index (χ4v) is 10.6. The average Bonchev–Trinajstić information content (AvgIpc) is 3.72. The molecule has 0 unspecified atom stereocenters. The van der Waals surface area contributed by atoms with E-state index in [1.807, 2.05) is 6.07 Å². The standard InChI is InChI=1S/C55H32O/c1-2-15-35-31-49-46(29-34(35)14-1)53-45(39-21-11-16-33-13-3-4-17-37(33)39)30-36(32-50(53)55(49)47-24-8-5-18-40(47)41-19-6-9-25-48(41)55)38-27-28-52-54-43(38)22-12-23-44(54)42-20-7-10-26-51(42)56-52/h1-32H. The quantitative estimate of drug-likeness (QED) is 0.174. The summed E-state index contributed by atoms with van der Waals surface area (Å²) in [6, 6.07) is 72.3. The Morgan fingerprint density at radius 1 is 0.304 bits per heavy atom. The van der Waals surface area contributed by atoms with Gasteiger partial charge in [-0.05, 0) is 136 Å². The van der Waals surface area contributed by atoms with Gasteiger partial charge in [-0.1, -0.05) is 158 Å². The van der Waals surface area contributed by atoms with Crippen LogP contribution in [0.5, 0.6) is 11.5 Å². The van der Waals surface area contributed by atoms with E-state index in [-0.39, 0.29) is 0 Å². The van der Waals surface area contributed by atoms with Crippen molar-refractivity contribution in [1.82, 2.24) is 0 Å². The van der Waals surface area contributed by atoms with Gasteiger partial charge < -0.3 is 4.74 Å². The third kappa shape index (κ3) is 3.79. The Bertz CT molecular complexity index is 3300. The van der Waals surface area contributed by atoms with Gasteiger partial charge in [0.05, 0.1) is 5.41 Å². The largest absolute Gasteiger partial charge is 0.456 e. The molecule has 0 saturated heterocycles. The van der Waals surface area contributed by atoms with Gasteiger partial charge in [0.15, 0.2) is 0 Å². The first-order chi connectivity index (χ1) is 27.8. The van der Waals surface area contributed by atoms with E-state index >= 15 is 0 Å². The molecule has 10 aromatic carbocycles. The molecule has 2 aliphatic carbocycles. The minimum atomic E-state index is -0.508. The maximum Gasteiger partial charge on any atom is 0.135 e. The fourth-order valence-electron chi connectivity index (χ4n) is 10.6. The Hall–Kier alpha value is -7.22. The van der Waals surface area contributed by atoms with Crippen LogP contribution in [-0.2, 0) is 5.41 Å². The van der Waals surface area contributed by atoms with E-state index in [9.17, 15) is 0 Å². The minimum Gasteiger partial charge on any atom is -0.456 e. The van der Waals surface area contributed by atoms with Crippen molar-refractivity contribution in [2.75, 3.05) is 0 Å². The summed E-state index contributed by atoms with van der Waals surface area (Å²) < 4.78 is 6.59. The van der Waals surface area contributed by atoms with Crippen molar-refractivity contribution in [3.8, 4) is 67.1 Å². The number of benzene rings is 10. The van der Waals surface area contributed by atoms with Crippen LogP contribution in [0, 0.1) is 0 Å². The summed E-state index contributed by atoms with van der Waals surface area (Å²) in [7, 11) is 0. The zero-order chi connectivity index (χ0) is 36.5. The minimum absolute atomic E-state index is 0.508. The van der Waals surface area contributed by atoms with Crippen LogP contribution in [0.15, 0.2) is 194 Å². The molecular weight excluding hydrogens is 677 g/mol. The van der Waals surface area contributed by atoms with Crippen molar-refractivity contribution in [3.63, 3.8) is 0 Å². The van der Waals surface area contributed by atoms with E-state index in [0.717, 1.165) is 22.4 Å². The Balaban J connectivity index is 1.21. The molecule has 56 heavy (non-hydrogen) atoms. The first-order valence-corrected chi connectivity index (χ1v) is 19.5. The van der Waals surface area contributed by atoms with E-state index in [4.69, 9.17) is 4.74 Å². The lowest BCUT2D eigenvalue weighted by Crippen LogP contribution is -2.26. The first kappa shape index (κ1) is 30.1. The predicted octanol–water partition coefficient (Wildman–Crippen LogP) is 14.6. The van der Waals surface area contributed by atoms with Crippen molar-refractivity contribution < 1.29 is 4.74 Å². The lowest BCUT2D eigenvalue weighted by Gasteiger charge is -2.31. The molecule has 10 aromatic rings. The summed E-state index contributed by atoms with van der Waals surface area (Å²) in [6.07, 6.45) is 0. The van der Waals surface area contributed by atoms with Crippen molar-refractivity contribution in [2.45, 2.75) is 5.41 Å². The molecule has 258 valence electrons. The Morgan fingerprint density at radius 2 is 0.911 bits per heavy atom. The Morgan fingerprint density at radius 3 is 1.73 bits per heavy atom. The lowest BCUT2D eigenvalue weighted by atomic mass is 9.69. The van der Waals surface area contributed by atoms with Gasteiger partial charge in [-0.2, -0.15) is 0 Å². The summed E-state index contributed by atoms with van der Waals surface area (Å²) in [5, 5.41) is 7.37. The first-order valence-electron chi connectivity index (χ1n) is 19.5. The summed E-state index contributed by atoms with van der Waals surface area (Å²) in [5.74, 6) is 1.81. The molecule has 3 aliphatic rings. The highest BCUT2D eigenvalue weighted by Crippen LogP contribution is 2.65. The molecule has 13 rings (SSSR count). The molecule has 1 heterocycles. The van der Waals surface area contributed by atoms with Crippen molar-refractivity contribution in [3.05, 3.63) is 216 Å². The van der Waals surface area contributed by atoms with Crippen LogP contribution in [0.2, 0.25) is 0 Å². The van der Waals surface area contributed by atoms with E-state index in [0.29, 0.717) is 0 Å². The van der Waals surface area contributed by atoms with Gasteiger partial charge in [0, 0.05) is 10.9 Å². The molecule has 0 aromatic heterocycles. The lowest BCUT2D eigenvalue weighted by molar-refractivity contribution is 0.487. The molecule has 0 fully saturated rings. The second-order valence-corrected chi connectivity index (χ2v) is 15.5. The van der Waals surface area contributed by atoms with E-state index < -0.39 is 5.41 Å².